The van der Waals surface area contributed by atoms with Crippen LogP contribution in [0.3, 0.4) is 0 Å². The Morgan fingerprint density at radius 3 is 2.67 bits per heavy atom. The molecule has 0 fully saturated rings. The fourth-order valence-electron chi connectivity index (χ4n) is 1.81. The molecule has 0 atom stereocenters. The van der Waals surface area contributed by atoms with E-state index in [1.807, 2.05) is 17.5 Å². The summed E-state index contributed by atoms with van der Waals surface area (Å²) in [7, 11) is 0. The summed E-state index contributed by atoms with van der Waals surface area (Å²) in [6, 6.07) is 9.71. The van der Waals surface area contributed by atoms with E-state index in [2.05, 4.69) is 17.1 Å². The van der Waals surface area contributed by atoms with Crippen LogP contribution in [0.25, 0.3) is 21.3 Å². The quantitative estimate of drug-likeness (QED) is 0.508. The van der Waals surface area contributed by atoms with Crippen molar-refractivity contribution in [3.8, 4) is 11.3 Å². The first-order chi connectivity index (χ1) is 8.66. The SMILES string of the molecule is Clc1cc(Cl)c(-c2cccc3ccsc23)nc1Cl. The van der Waals surface area contributed by atoms with Gasteiger partial charge in [-0.3, -0.25) is 0 Å². The predicted molar refractivity (Wildman–Crippen MR) is 80.1 cm³/mol. The Bertz CT molecular complexity index is 736. The number of hydrogen-bond donors (Lipinski definition) is 0. The van der Waals surface area contributed by atoms with Gasteiger partial charge in [0.2, 0.25) is 0 Å². The topological polar surface area (TPSA) is 12.9 Å². The summed E-state index contributed by atoms with van der Waals surface area (Å²) in [5, 5.41) is 4.35. The van der Waals surface area contributed by atoms with Crippen LogP contribution in [0.15, 0.2) is 35.7 Å². The summed E-state index contributed by atoms with van der Waals surface area (Å²) in [5.41, 5.74) is 1.64. The molecule has 1 aromatic carbocycles. The molecule has 0 bridgehead atoms. The van der Waals surface area contributed by atoms with Crippen molar-refractivity contribution in [2.75, 3.05) is 0 Å². The smallest absolute Gasteiger partial charge is 0.148 e. The van der Waals surface area contributed by atoms with Gasteiger partial charge in [0.15, 0.2) is 0 Å². The van der Waals surface area contributed by atoms with Crippen LogP contribution in [-0.2, 0) is 0 Å². The molecular weight excluding hydrogens is 309 g/mol. The maximum absolute atomic E-state index is 6.20. The minimum atomic E-state index is 0.268. The van der Waals surface area contributed by atoms with E-state index in [-0.39, 0.29) is 5.15 Å². The first-order valence-electron chi connectivity index (χ1n) is 5.15. The van der Waals surface area contributed by atoms with Crippen LogP contribution in [0.5, 0.6) is 0 Å². The second kappa shape index (κ2) is 4.71. The van der Waals surface area contributed by atoms with E-state index in [1.54, 1.807) is 17.4 Å². The maximum atomic E-state index is 6.20. The zero-order valence-electron chi connectivity index (χ0n) is 8.95. The van der Waals surface area contributed by atoms with Gasteiger partial charge >= 0.3 is 0 Å². The lowest BCUT2D eigenvalue weighted by Gasteiger charge is -2.06. The first-order valence-corrected chi connectivity index (χ1v) is 7.16. The van der Waals surface area contributed by atoms with Gasteiger partial charge in [-0.2, -0.15) is 0 Å². The molecule has 0 spiro atoms. The summed E-state index contributed by atoms with van der Waals surface area (Å²) in [5.74, 6) is 0. The molecule has 5 heteroatoms. The highest BCUT2D eigenvalue weighted by molar-refractivity contribution is 7.17. The Balaban J connectivity index is 2.32. The van der Waals surface area contributed by atoms with Crippen LogP contribution in [0.1, 0.15) is 0 Å². The molecule has 0 saturated heterocycles. The van der Waals surface area contributed by atoms with Crippen LogP contribution in [0.4, 0.5) is 0 Å². The van der Waals surface area contributed by atoms with E-state index < -0.39 is 0 Å². The Kier molecular flexibility index (Phi) is 3.20. The first kappa shape index (κ1) is 12.2. The number of halogens is 3. The lowest BCUT2D eigenvalue weighted by molar-refractivity contribution is 1.33. The number of thiophene rings is 1. The lowest BCUT2D eigenvalue weighted by Crippen LogP contribution is -1.87. The molecule has 0 aliphatic rings. The van der Waals surface area contributed by atoms with Crippen LogP contribution in [-0.4, -0.2) is 4.98 Å². The van der Waals surface area contributed by atoms with Gasteiger partial charge in [0.05, 0.1) is 15.7 Å². The van der Waals surface area contributed by atoms with Gasteiger partial charge < -0.3 is 0 Å². The second-order valence-electron chi connectivity index (χ2n) is 3.74. The van der Waals surface area contributed by atoms with Crippen molar-refractivity contribution in [1.82, 2.24) is 4.98 Å². The largest absolute Gasteiger partial charge is 0.233 e. The normalized spacial score (nSPS) is 11.1. The standard InChI is InChI=1S/C13H6Cl3NS/c14-9-6-10(15)13(16)17-11(9)8-3-1-2-7-4-5-18-12(7)8/h1-6H. The fourth-order valence-corrected chi connectivity index (χ4v) is 3.33. The Labute approximate surface area is 123 Å². The molecule has 1 nitrogen and oxygen atoms in total. The van der Waals surface area contributed by atoms with Gasteiger partial charge in [-0.25, -0.2) is 4.98 Å². The molecule has 2 heterocycles. The molecule has 0 amide bonds. The summed E-state index contributed by atoms with van der Waals surface area (Å²) in [4.78, 5) is 4.28. The third-order valence-electron chi connectivity index (χ3n) is 2.62. The number of pyridine rings is 1. The van der Waals surface area contributed by atoms with Crippen LogP contribution in [0, 0.1) is 0 Å². The summed E-state index contributed by atoms with van der Waals surface area (Å²) in [6.45, 7) is 0. The number of hydrogen-bond acceptors (Lipinski definition) is 2. The molecule has 0 aliphatic heterocycles. The zero-order chi connectivity index (χ0) is 12.7. The van der Waals surface area contributed by atoms with Crippen LogP contribution >= 0.6 is 46.1 Å². The molecule has 0 aliphatic carbocycles. The van der Waals surface area contributed by atoms with Gasteiger partial charge in [-0.05, 0) is 22.9 Å². The summed E-state index contributed by atoms with van der Waals surface area (Å²) >= 11 is 19.7. The van der Waals surface area contributed by atoms with Gasteiger partial charge in [-0.1, -0.05) is 53.0 Å². The molecule has 0 unspecified atom stereocenters. The third kappa shape index (κ3) is 1.99. The van der Waals surface area contributed by atoms with E-state index in [4.69, 9.17) is 34.8 Å². The molecule has 2 aromatic heterocycles. The van der Waals surface area contributed by atoms with Gasteiger partial charge in [0, 0.05) is 10.3 Å². The average molecular weight is 315 g/mol. The number of rotatable bonds is 1. The molecule has 90 valence electrons. The van der Waals surface area contributed by atoms with Crippen molar-refractivity contribution in [2.24, 2.45) is 0 Å². The molecule has 3 rings (SSSR count). The Morgan fingerprint density at radius 2 is 1.83 bits per heavy atom. The average Bonchev–Trinajstić information content (AvgIpc) is 2.82. The van der Waals surface area contributed by atoms with Crippen molar-refractivity contribution in [3.63, 3.8) is 0 Å². The zero-order valence-corrected chi connectivity index (χ0v) is 12.0. The summed E-state index contributed by atoms with van der Waals surface area (Å²) in [6.07, 6.45) is 0. The highest BCUT2D eigenvalue weighted by atomic mass is 35.5. The highest BCUT2D eigenvalue weighted by Gasteiger charge is 2.13. The number of fused-ring (bicyclic) bond motifs is 1. The van der Waals surface area contributed by atoms with E-state index in [1.165, 1.54) is 5.39 Å². The molecular formula is C13H6Cl3NS. The van der Waals surface area contributed by atoms with Crippen LogP contribution in [0.2, 0.25) is 15.2 Å². The molecule has 3 aromatic rings. The monoisotopic (exact) mass is 313 g/mol. The minimum absolute atomic E-state index is 0.268. The van der Waals surface area contributed by atoms with E-state index in [0.717, 1.165) is 10.3 Å². The molecule has 0 saturated carbocycles. The number of aromatic nitrogens is 1. The van der Waals surface area contributed by atoms with E-state index in [9.17, 15) is 0 Å². The van der Waals surface area contributed by atoms with E-state index >= 15 is 0 Å². The molecule has 0 N–H and O–H groups in total. The predicted octanol–water partition coefficient (Wildman–Crippen LogP) is 5.92. The maximum Gasteiger partial charge on any atom is 0.148 e. The Morgan fingerprint density at radius 1 is 1.00 bits per heavy atom. The number of nitrogens with zero attached hydrogens (tertiary/aromatic N) is 1. The highest BCUT2D eigenvalue weighted by Crippen LogP contribution is 2.37. The lowest BCUT2D eigenvalue weighted by atomic mass is 10.1. The van der Waals surface area contributed by atoms with Crippen LogP contribution < -0.4 is 0 Å². The van der Waals surface area contributed by atoms with Gasteiger partial charge in [-0.15, -0.1) is 11.3 Å². The van der Waals surface area contributed by atoms with Gasteiger partial charge in [0.25, 0.3) is 0 Å². The fraction of sp³-hybridized carbons (Fsp3) is 0. The Hall–Kier alpha value is -0.800. The third-order valence-corrected chi connectivity index (χ3v) is 4.55. The minimum Gasteiger partial charge on any atom is -0.233 e. The summed E-state index contributed by atoms with van der Waals surface area (Å²) < 4.78 is 1.14. The number of benzene rings is 1. The van der Waals surface area contributed by atoms with Crippen molar-refractivity contribution in [3.05, 3.63) is 50.9 Å². The molecule has 18 heavy (non-hydrogen) atoms. The van der Waals surface area contributed by atoms with E-state index in [0.29, 0.717) is 15.7 Å². The van der Waals surface area contributed by atoms with Crippen molar-refractivity contribution in [2.45, 2.75) is 0 Å². The van der Waals surface area contributed by atoms with Crippen molar-refractivity contribution < 1.29 is 0 Å². The van der Waals surface area contributed by atoms with Gasteiger partial charge in [0.1, 0.15) is 5.15 Å². The van der Waals surface area contributed by atoms with Crippen molar-refractivity contribution >= 4 is 56.2 Å². The van der Waals surface area contributed by atoms with Crippen molar-refractivity contribution in [1.29, 1.82) is 0 Å². The molecule has 0 radical (unpaired) electrons. The second-order valence-corrected chi connectivity index (χ2v) is 5.82.